The van der Waals surface area contributed by atoms with Crippen LogP contribution in [0.3, 0.4) is 0 Å². The summed E-state index contributed by atoms with van der Waals surface area (Å²) in [6, 6.07) is 4.16. The summed E-state index contributed by atoms with van der Waals surface area (Å²) in [5, 5.41) is 10.1. The number of hydrogen-bond donors (Lipinski definition) is 1. The first kappa shape index (κ1) is 12.4. The normalized spacial score (nSPS) is 21.6. The minimum atomic E-state index is -0.587. The second-order valence-corrected chi connectivity index (χ2v) is 5.60. The Morgan fingerprint density at radius 2 is 2.18 bits per heavy atom. The van der Waals surface area contributed by atoms with E-state index in [1.54, 1.807) is 0 Å². The van der Waals surface area contributed by atoms with Crippen LogP contribution in [0.25, 0.3) is 0 Å². The predicted molar refractivity (Wildman–Crippen MR) is 70.2 cm³/mol. The van der Waals surface area contributed by atoms with Crippen LogP contribution in [0.15, 0.2) is 18.3 Å². The van der Waals surface area contributed by atoms with Gasteiger partial charge in [-0.2, -0.15) is 0 Å². The number of aromatic nitrogens is 1. The molecule has 0 saturated carbocycles. The zero-order valence-corrected chi connectivity index (χ0v) is 11.0. The van der Waals surface area contributed by atoms with E-state index >= 15 is 0 Å². The molecule has 0 bridgehead atoms. The molecular formula is C14H22N2O. The van der Waals surface area contributed by atoms with Crippen LogP contribution >= 0.6 is 0 Å². The lowest BCUT2D eigenvalue weighted by Crippen LogP contribution is -2.44. The van der Waals surface area contributed by atoms with Gasteiger partial charge in [-0.25, -0.2) is 0 Å². The fourth-order valence-corrected chi connectivity index (χ4v) is 2.44. The van der Waals surface area contributed by atoms with Crippen LogP contribution in [0.1, 0.15) is 32.4 Å². The van der Waals surface area contributed by atoms with Crippen LogP contribution in [0.5, 0.6) is 0 Å². The van der Waals surface area contributed by atoms with Crippen LogP contribution in [0.2, 0.25) is 0 Å². The van der Waals surface area contributed by atoms with E-state index in [1.165, 1.54) is 5.69 Å². The van der Waals surface area contributed by atoms with Gasteiger partial charge in [0.2, 0.25) is 0 Å². The van der Waals surface area contributed by atoms with Gasteiger partial charge in [0.05, 0.1) is 17.5 Å². The van der Waals surface area contributed by atoms with Crippen LogP contribution in [0.4, 0.5) is 5.69 Å². The molecule has 0 amide bonds. The highest BCUT2D eigenvalue weighted by molar-refractivity contribution is 5.45. The van der Waals surface area contributed by atoms with Crippen LogP contribution in [0, 0.1) is 12.8 Å². The fourth-order valence-electron chi connectivity index (χ4n) is 2.44. The molecule has 17 heavy (non-hydrogen) atoms. The lowest BCUT2D eigenvalue weighted by molar-refractivity contribution is 0.0110. The van der Waals surface area contributed by atoms with Gasteiger partial charge in [-0.1, -0.05) is 0 Å². The molecule has 1 saturated heterocycles. The molecule has 0 unspecified atom stereocenters. The van der Waals surface area contributed by atoms with Crippen molar-refractivity contribution < 1.29 is 5.11 Å². The van der Waals surface area contributed by atoms with Crippen molar-refractivity contribution in [3.63, 3.8) is 0 Å². The average Bonchev–Trinajstić information content (AvgIpc) is 2.29. The number of piperidine rings is 1. The quantitative estimate of drug-likeness (QED) is 0.853. The Labute approximate surface area is 103 Å². The third-order valence-corrected chi connectivity index (χ3v) is 3.68. The Morgan fingerprint density at radius 3 is 2.76 bits per heavy atom. The molecule has 1 atom stereocenters. The lowest BCUT2D eigenvalue weighted by atomic mass is 9.84. The van der Waals surface area contributed by atoms with Gasteiger partial charge < -0.3 is 10.0 Å². The van der Waals surface area contributed by atoms with Gasteiger partial charge in [0.15, 0.2) is 0 Å². The van der Waals surface area contributed by atoms with Crippen LogP contribution in [-0.2, 0) is 0 Å². The Hall–Kier alpha value is -1.09. The topological polar surface area (TPSA) is 36.4 Å². The molecule has 1 aliphatic heterocycles. The number of hydrogen-bond acceptors (Lipinski definition) is 3. The number of aliphatic hydroxyl groups is 1. The molecule has 2 rings (SSSR count). The van der Waals surface area contributed by atoms with Crippen molar-refractivity contribution in [3.8, 4) is 0 Å². The number of anilines is 1. The molecule has 3 nitrogen and oxygen atoms in total. The number of aryl methyl sites for hydroxylation is 1. The molecule has 2 heterocycles. The van der Waals surface area contributed by atoms with E-state index in [9.17, 15) is 5.11 Å². The first-order chi connectivity index (χ1) is 7.97. The van der Waals surface area contributed by atoms with Gasteiger partial charge in [0.1, 0.15) is 0 Å². The molecule has 0 spiro atoms. The minimum Gasteiger partial charge on any atom is -0.390 e. The van der Waals surface area contributed by atoms with Crippen molar-refractivity contribution in [2.75, 3.05) is 18.0 Å². The summed E-state index contributed by atoms with van der Waals surface area (Å²) in [6.07, 6.45) is 4.18. The van der Waals surface area contributed by atoms with Crippen molar-refractivity contribution in [1.29, 1.82) is 0 Å². The second-order valence-electron chi connectivity index (χ2n) is 5.60. The van der Waals surface area contributed by atoms with E-state index in [0.717, 1.165) is 31.6 Å². The third kappa shape index (κ3) is 2.97. The maximum Gasteiger partial charge on any atom is 0.0636 e. The second kappa shape index (κ2) is 4.65. The van der Waals surface area contributed by atoms with Gasteiger partial charge >= 0.3 is 0 Å². The zero-order chi connectivity index (χ0) is 12.5. The minimum absolute atomic E-state index is 0.345. The van der Waals surface area contributed by atoms with Gasteiger partial charge in [-0.15, -0.1) is 0 Å². The summed E-state index contributed by atoms with van der Waals surface area (Å²) in [4.78, 5) is 6.67. The zero-order valence-electron chi connectivity index (χ0n) is 11.0. The Balaban J connectivity index is 2.09. The van der Waals surface area contributed by atoms with Crippen molar-refractivity contribution in [2.45, 2.75) is 39.2 Å². The molecule has 0 radical (unpaired) electrons. The van der Waals surface area contributed by atoms with E-state index in [0.29, 0.717) is 5.92 Å². The molecule has 0 aromatic carbocycles. The smallest absolute Gasteiger partial charge is 0.0636 e. The molecule has 1 N–H and O–H groups in total. The predicted octanol–water partition coefficient (Wildman–Crippen LogP) is 2.38. The molecule has 1 fully saturated rings. The van der Waals surface area contributed by atoms with Crippen molar-refractivity contribution in [1.82, 2.24) is 4.98 Å². The number of pyridine rings is 1. The summed E-state index contributed by atoms with van der Waals surface area (Å²) in [7, 11) is 0. The molecule has 94 valence electrons. The largest absolute Gasteiger partial charge is 0.390 e. The fraction of sp³-hybridized carbons (Fsp3) is 0.643. The molecule has 1 aliphatic rings. The highest BCUT2D eigenvalue weighted by atomic mass is 16.3. The van der Waals surface area contributed by atoms with E-state index in [1.807, 2.05) is 33.0 Å². The van der Waals surface area contributed by atoms with E-state index in [-0.39, 0.29) is 0 Å². The first-order valence-electron chi connectivity index (χ1n) is 6.37. The van der Waals surface area contributed by atoms with E-state index in [2.05, 4.69) is 16.0 Å². The van der Waals surface area contributed by atoms with Crippen molar-refractivity contribution >= 4 is 5.69 Å². The van der Waals surface area contributed by atoms with E-state index < -0.39 is 5.60 Å². The highest BCUT2D eigenvalue weighted by Crippen LogP contribution is 2.29. The summed E-state index contributed by atoms with van der Waals surface area (Å²) in [5.74, 6) is 0.345. The summed E-state index contributed by atoms with van der Waals surface area (Å²) >= 11 is 0. The Bertz CT molecular complexity index is 367. The van der Waals surface area contributed by atoms with Crippen molar-refractivity contribution in [2.24, 2.45) is 5.92 Å². The number of rotatable bonds is 2. The average molecular weight is 234 g/mol. The van der Waals surface area contributed by atoms with E-state index in [4.69, 9.17) is 0 Å². The molecular weight excluding hydrogens is 212 g/mol. The van der Waals surface area contributed by atoms with Crippen LogP contribution in [-0.4, -0.2) is 28.8 Å². The van der Waals surface area contributed by atoms with Gasteiger partial charge in [0, 0.05) is 24.7 Å². The van der Waals surface area contributed by atoms with Gasteiger partial charge in [-0.3, -0.25) is 4.98 Å². The Morgan fingerprint density at radius 1 is 1.41 bits per heavy atom. The molecule has 0 aliphatic carbocycles. The van der Waals surface area contributed by atoms with Gasteiger partial charge in [-0.05, 0) is 45.7 Å². The summed E-state index contributed by atoms with van der Waals surface area (Å²) < 4.78 is 0. The summed E-state index contributed by atoms with van der Waals surface area (Å²) in [6.45, 7) is 7.81. The monoisotopic (exact) mass is 234 g/mol. The van der Waals surface area contributed by atoms with Crippen LogP contribution < -0.4 is 4.90 Å². The lowest BCUT2D eigenvalue weighted by Gasteiger charge is -2.39. The standard InChI is InChI=1S/C14H22N2O/c1-11-6-7-13(9-15-11)16-8-4-5-12(10-16)14(2,3)17/h6-7,9,12,17H,4-5,8,10H2,1-3H3/t12-/m1/s1. The molecule has 3 heteroatoms. The third-order valence-electron chi connectivity index (χ3n) is 3.68. The Kier molecular flexibility index (Phi) is 3.38. The maximum atomic E-state index is 10.1. The first-order valence-corrected chi connectivity index (χ1v) is 6.37. The highest BCUT2D eigenvalue weighted by Gasteiger charge is 2.31. The maximum absolute atomic E-state index is 10.1. The van der Waals surface area contributed by atoms with Gasteiger partial charge in [0.25, 0.3) is 0 Å². The molecule has 1 aromatic rings. The molecule has 1 aromatic heterocycles. The SMILES string of the molecule is Cc1ccc(N2CCC[C@@H](C(C)(C)O)C2)cn1. The van der Waals surface area contributed by atoms with Crippen molar-refractivity contribution in [3.05, 3.63) is 24.0 Å². The number of nitrogens with zero attached hydrogens (tertiary/aromatic N) is 2. The summed E-state index contributed by atoms with van der Waals surface area (Å²) in [5.41, 5.74) is 1.63.